The van der Waals surface area contributed by atoms with Gasteiger partial charge in [0, 0.05) is 35.7 Å². The summed E-state index contributed by atoms with van der Waals surface area (Å²) in [6.45, 7) is 3.78. The molecule has 0 atom stereocenters. The Bertz CT molecular complexity index is 1410. The average molecular weight is 479 g/mol. The van der Waals surface area contributed by atoms with Gasteiger partial charge in [0.15, 0.2) is 0 Å². The van der Waals surface area contributed by atoms with E-state index >= 15 is 0 Å². The molecular weight excluding hydrogens is 456 g/mol. The maximum absolute atomic E-state index is 14.0. The molecule has 180 valence electrons. The summed E-state index contributed by atoms with van der Waals surface area (Å²) < 4.78 is 33.8. The fourth-order valence-electron chi connectivity index (χ4n) is 3.77. The van der Waals surface area contributed by atoms with E-state index in [9.17, 15) is 18.4 Å². The molecule has 4 aromatic rings. The molecule has 2 aromatic heterocycles. The van der Waals surface area contributed by atoms with Crippen molar-refractivity contribution in [1.29, 1.82) is 0 Å². The highest BCUT2D eigenvalue weighted by atomic mass is 19.1. The number of rotatable bonds is 8. The molecule has 0 fully saturated rings. The van der Waals surface area contributed by atoms with Crippen LogP contribution in [-0.4, -0.2) is 26.6 Å². The molecule has 0 spiro atoms. The minimum absolute atomic E-state index is 0.0429. The fraction of sp³-hybridized carbons (Fsp3) is 0.200. The Morgan fingerprint density at radius 1 is 1.06 bits per heavy atom. The number of primary amides is 1. The molecule has 4 N–H and O–H groups in total. The number of hydrogen-bond donors (Lipinski definition) is 2. The summed E-state index contributed by atoms with van der Waals surface area (Å²) in [4.78, 5) is 24.5. The molecule has 8 nitrogen and oxygen atoms in total. The monoisotopic (exact) mass is 479 g/mol. The van der Waals surface area contributed by atoms with E-state index in [0.29, 0.717) is 11.3 Å². The third-order valence-corrected chi connectivity index (χ3v) is 5.45. The first-order valence-electron chi connectivity index (χ1n) is 10.8. The van der Waals surface area contributed by atoms with Crippen molar-refractivity contribution in [2.24, 2.45) is 5.73 Å². The molecule has 10 heteroatoms. The average Bonchev–Trinajstić information content (AvgIpc) is 3.38. The molecule has 0 unspecified atom stereocenters. The standard InChI is InChI=1S/C25H23F2N5O3/c1-13(2)32-24(28)22(25(29)34)23(30-32)15-5-3-14(4-6-15)9-17(33)11-18-12-21(31-35-18)19-8-7-16(26)10-20(19)27/h3-8,10,12-13H,9,11,28H2,1-2H3,(H2,29,34). The van der Waals surface area contributed by atoms with Crippen molar-refractivity contribution in [2.45, 2.75) is 32.7 Å². The molecular formula is C25H23F2N5O3. The minimum Gasteiger partial charge on any atom is -0.383 e. The van der Waals surface area contributed by atoms with Crippen LogP contribution in [0.15, 0.2) is 53.1 Å². The topological polar surface area (TPSA) is 130 Å². The van der Waals surface area contributed by atoms with E-state index in [1.54, 1.807) is 24.3 Å². The van der Waals surface area contributed by atoms with Crippen LogP contribution in [0.25, 0.3) is 22.5 Å². The Kier molecular flexibility index (Phi) is 6.46. The number of hydrogen-bond acceptors (Lipinski definition) is 6. The third-order valence-electron chi connectivity index (χ3n) is 5.45. The number of nitrogens with two attached hydrogens (primary N) is 2. The molecule has 2 heterocycles. The normalized spacial score (nSPS) is 11.2. The van der Waals surface area contributed by atoms with Crippen molar-refractivity contribution >= 4 is 17.5 Å². The van der Waals surface area contributed by atoms with Gasteiger partial charge in [0.2, 0.25) is 0 Å². The second-order valence-corrected chi connectivity index (χ2v) is 8.40. The van der Waals surface area contributed by atoms with Crippen LogP contribution >= 0.6 is 0 Å². The van der Waals surface area contributed by atoms with Crippen molar-refractivity contribution in [3.63, 3.8) is 0 Å². The van der Waals surface area contributed by atoms with Crippen molar-refractivity contribution in [2.75, 3.05) is 5.73 Å². The second-order valence-electron chi connectivity index (χ2n) is 8.40. The van der Waals surface area contributed by atoms with Crippen LogP contribution < -0.4 is 11.5 Å². The van der Waals surface area contributed by atoms with E-state index in [2.05, 4.69) is 10.3 Å². The zero-order valence-electron chi connectivity index (χ0n) is 19.1. The van der Waals surface area contributed by atoms with Gasteiger partial charge in [-0.05, 0) is 31.5 Å². The zero-order chi connectivity index (χ0) is 25.3. The molecule has 0 saturated heterocycles. The van der Waals surface area contributed by atoms with Crippen molar-refractivity contribution in [3.05, 3.63) is 77.1 Å². The van der Waals surface area contributed by atoms with Gasteiger partial charge in [-0.1, -0.05) is 29.4 Å². The van der Waals surface area contributed by atoms with Gasteiger partial charge in [-0.15, -0.1) is 0 Å². The van der Waals surface area contributed by atoms with Gasteiger partial charge in [-0.25, -0.2) is 13.5 Å². The summed E-state index contributed by atoms with van der Waals surface area (Å²) in [5.41, 5.74) is 13.8. The Labute approximate surface area is 199 Å². The van der Waals surface area contributed by atoms with Gasteiger partial charge >= 0.3 is 0 Å². The lowest BCUT2D eigenvalue weighted by Gasteiger charge is -2.06. The maximum atomic E-state index is 14.0. The molecule has 0 radical (unpaired) electrons. The van der Waals surface area contributed by atoms with Crippen LogP contribution in [-0.2, 0) is 17.6 Å². The summed E-state index contributed by atoms with van der Waals surface area (Å²) >= 11 is 0. The molecule has 0 bridgehead atoms. The number of aromatic nitrogens is 3. The lowest BCUT2D eigenvalue weighted by atomic mass is 10.0. The van der Waals surface area contributed by atoms with E-state index < -0.39 is 17.5 Å². The van der Waals surface area contributed by atoms with Crippen molar-refractivity contribution in [1.82, 2.24) is 14.9 Å². The summed E-state index contributed by atoms with van der Waals surface area (Å²) in [5, 5.41) is 8.22. The summed E-state index contributed by atoms with van der Waals surface area (Å²) in [6.07, 6.45) is 0.0746. The molecule has 0 aliphatic carbocycles. The van der Waals surface area contributed by atoms with E-state index in [1.807, 2.05) is 13.8 Å². The van der Waals surface area contributed by atoms with E-state index in [4.69, 9.17) is 16.0 Å². The first kappa shape index (κ1) is 23.8. The van der Waals surface area contributed by atoms with Gasteiger partial charge in [0.25, 0.3) is 5.91 Å². The van der Waals surface area contributed by atoms with E-state index in [1.165, 1.54) is 16.8 Å². The van der Waals surface area contributed by atoms with Crippen molar-refractivity contribution in [3.8, 4) is 22.5 Å². The quantitative estimate of drug-likeness (QED) is 0.391. The number of nitrogen functional groups attached to an aromatic ring is 1. The minimum atomic E-state index is -0.768. The zero-order valence-corrected chi connectivity index (χ0v) is 19.1. The number of amides is 1. The van der Waals surface area contributed by atoms with E-state index in [0.717, 1.165) is 17.7 Å². The van der Waals surface area contributed by atoms with Crippen LogP contribution in [0.1, 0.15) is 41.6 Å². The molecule has 4 rings (SSSR count). The molecule has 2 aromatic carbocycles. The van der Waals surface area contributed by atoms with E-state index in [-0.39, 0.29) is 53.1 Å². The Morgan fingerprint density at radius 3 is 2.40 bits per heavy atom. The Morgan fingerprint density at radius 2 is 1.77 bits per heavy atom. The number of carbonyl (C=O) groups excluding carboxylic acids is 2. The van der Waals surface area contributed by atoms with Crippen LogP contribution in [0.5, 0.6) is 0 Å². The fourth-order valence-corrected chi connectivity index (χ4v) is 3.77. The van der Waals surface area contributed by atoms with Crippen molar-refractivity contribution < 1.29 is 22.9 Å². The number of Topliss-reactive ketones (excluding diaryl/α,β-unsaturated/α-hetero) is 1. The molecule has 0 aliphatic heterocycles. The number of benzene rings is 2. The molecule has 0 aliphatic rings. The highest BCUT2D eigenvalue weighted by Gasteiger charge is 2.22. The Hall–Kier alpha value is -4.34. The Balaban J connectivity index is 1.46. The molecule has 35 heavy (non-hydrogen) atoms. The maximum Gasteiger partial charge on any atom is 0.254 e. The van der Waals surface area contributed by atoms with Gasteiger partial charge < -0.3 is 16.0 Å². The SMILES string of the molecule is CC(C)n1nc(-c2ccc(CC(=O)Cc3cc(-c4ccc(F)cc4F)no3)cc2)c(C(N)=O)c1N. The first-order chi connectivity index (χ1) is 16.6. The summed E-state index contributed by atoms with van der Waals surface area (Å²) in [7, 11) is 0. The second kappa shape index (κ2) is 9.49. The first-order valence-corrected chi connectivity index (χ1v) is 10.8. The number of ketones is 1. The molecule has 1 amide bonds. The van der Waals surface area contributed by atoms with Crippen LogP contribution in [0.2, 0.25) is 0 Å². The highest BCUT2D eigenvalue weighted by Crippen LogP contribution is 2.29. The van der Waals surface area contributed by atoms with Crippen LogP contribution in [0.3, 0.4) is 0 Å². The lowest BCUT2D eigenvalue weighted by molar-refractivity contribution is -0.118. The smallest absolute Gasteiger partial charge is 0.254 e. The van der Waals surface area contributed by atoms with Gasteiger partial charge in [0.1, 0.15) is 45.9 Å². The number of halogens is 2. The predicted octanol–water partition coefficient (Wildman–Crippen LogP) is 4.10. The summed E-state index contributed by atoms with van der Waals surface area (Å²) in [6, 6.07) is 11.5. The number of anilines is 1. The van der Waals surface area contributed by atoms with Crippen LogP contribution in [0, 0.1) is 11.6 Å². The predicted molar refractivity (Wildman–Crippen MR) is 125 cm³/mol. The number of nitrogens with zero attached hydrogens (tertiary/aromatic N) is 3. The van der Waals surface area contributed by atoms with Gasteiger partial charge in [-0.2, -0.15) is 5.10 Å². The largest absolute Gasteiger partial charge is 0.383 e. The molecule has 0 saturated carbocycles. The van der Waals surface area contributed by atoms with Gasteiger partial charge in [-0.3, -0.25) is 9.59 Å². The van der Waals surface area contributed by atoms with Gasteiger partial charge in [0.05, 0.1) is 6.42 Å². The summed E-state index contributed by atoms with van der Waals surface area (Å²) in [5.74, 6) is -1.81. The highest BCUT2D eigenvalue weighted by molar-refractivity contribution is 6.03. The third kappa shape index (κ3) is 4.96. The number of carbonyl (C=O) groups is 2. The lowest BCUT2D eigenvalue weighted by Crippen LogP contribution is -2.15. The van der Waals surface area contributed by atoms with Crippen LogP contribution in [0.4, 0.5) is 14.6 Å².